The van der Waals surface area contributed by atoms with Crippen molar-refractivity contribution < 1.29 is 27.5 Å². The highest BCUT2D eigenvalue weighted by Gasteiger charge is 2.41. The molecule has 1 aliphatic rings. The molecule has 0 saturated heterocycles. The van der Waals surface area contributed by atoms with E-state index in [0.29, 0.717) is 0 Å². The van der Waals surface area contributed by atoms with Crippen LogP contribution in [0.25, 0.3) is 0 Å². The minimum atomic E-state index is -4.56. The summed E-state index contributed by atoms with van der Waals surface area (Å²) >= 11 is 2.83. The van der Waals surface area contributed by atoms with Crippen molar-refractivity contribution in [3.63, 3.8) is 0 Å². The molecule has 1 aromatic rings. The van der Waals surface area contributed by atoms with Gasteiger partial charge in [-0.05, 0) is 32.0 Å². The van der Waals surface area contributed by atoms with Gasteiger partial charge in [-0.25, -0.2) is 4.79 Å². The second kappa shape index (κ2) is 7.03. The Hall–Kier alpha value is -2.10. The number of hydrogen-bond donors (Lipinski definition) is 2. The summed E-state index contributed by atoms with van der Waals surface area (Å²) in [5.74, 6) is -1.26. The molecule has 1 atom stereocenters. The van der Waals surface area contributed by atoms with Crippen LogP contribution < -0.4 is 10.7 Å². The molecule has 0 fully saturated rings. The molecule has 2 N–H and O–H groups in total. The monoisotopic (exact) mass is 421 g/mol. The third-order valence-corrected chi connectivity index (χ3v) is 4.19. The average Bonchev–Trinajstić information content (AvgIpc) is 2.92. The van der Waals surface area contributed by atoms with Crippen LogP contribution in [-0.2, 0) is 20.5 Å². The summed E-state index contributed by atoms with van der Waals surface area (Å²) < 4.78 is 43.5. The van der Waals surface area contributed by atoms with Crippen LogP contribution in [0.4, 0.5) is 18.9 Å². The van der Waals surface area contributed by atoms with Crippen molar-refractivity contribution in [2.24, 2.45) is 5.10 Å². The second-order valence-corrected chi connectivity index (χ2v) is 6.40. The third-order valence-electron chi connectivity index (χ3n) is 3.50. The van der Waals surface area contributed by atoms with E-state index in [1.165, 1.54) is 19.1 Å². The van der Waals surface area contributed by atoms with Gasteiger partial charge in [-0.1, -0.05) is 15.9 Å². The minimum absolute atomic E-state index is 0.0202. The minimum Gasteiger partial charge on any atom is -0.461 e. The van der Waals surface area contributed by atoms with Crippen LogP contribution in [0, 0.1) is 0 Å². The van der Waals surface area contributed by atoms with Crippen LogP contribution in [0.15, 0.2) is 27.8 Å². The number of carbonyl (C=O) groups is 2. The van der Waals surface area contributed by atoms with Crippen molar-refractivity contribution in [2.45, 2.75) is 32.0 Å². The number of carbonyl (C=O) groups excluding carboxylic acids is 2. The maximum atomic E-state index is 12.9. The van der Waals surface area contributed by atoms with Gasteiger partial charge >= 0.3 is 12.1 Å². The van der Waals surface area contributed by atoms with E-state index in [2.05, 4.69) is 31.8 Å². The average molecular weight is 422 g/mol. The summed E-state index contributed by atoms with van der Waals surface area (Å²) in [6, 6.07) is 3.36. The highest BCUT2D eigenvalue weighted by Crippen LogP contribution is 2.36. The number of anilines is 1. The maximum Gasteiger partial charge on any atom is 0.417 e. The quantitative estimate of drug-likeness (QED) is 0.732. The summed E-state index contributed by atoms with van der Waals surface area (Å²) in [4.78, 5) is 24.1. The van der Waals surface area contributed by atoms with Gasteiger partial charge in [0.15, 0.2) is 0 Å². The van der Waals surface area contributed by atoms with Gasteiger partial charge in [-0.15, -0.1) is 0 Å². The van der Waals surface area contributed by atoms with E-state index in [1.807, 2.05) is 0 Å². The number of nitrogens with zero attached hydrogens (tertiary/aromatic N) is 1. The largest absolute Gasteiger partial charge is 0.461 e. The normalized spacial score (nSPS) is 19.8. The number of hydrazone groups is 1. The van der Waals surface area contributed by atoms with Gasteiger partial charge in [0.25, 0.3) is 5.91 Å². The van der Waals surface area contributed by atoms with Crippen molar-refractivity contribution in [3.8, 4) is 0 Å². The van der Waals surface area contributed by atoms with Crippen LogP contribution in [0.5, 0.6) is 0 Å². The first-order valence-electron chi connectivity index (χ1n) is 7.26. The van der Waals surface area contributed by atoms with E-state index in [4.69, 9.17) is 4.74 Å². The van der Waals surface area contributed by atoms with E-state index in [-0.39, 0.29) is 28.9 Å². The number of rotatable bonds is 4. The molecule has 1 unspecified atom stereocenters. The molecule has 10 heteroatoms. The number of ether oxygens (including phenoxy) is 1. The highest BCUT2D eigenvalue weighted by atomic mass is 79.9. The van der Waals surface area contributed by atoms with Gasteiger partial charge in [0.05, 0.1) is 12.2 Å². The summed E-state index contributed by atoms with van der Waals surface area (Å²) in [5.41, 5.74) is 0.395. The standard InChI is InChI=1S/C15H15BrF3N3O3/c1-3-25-12(23)11-7-14(2,22-21-11)13(24)20-8-4-5-10(16)9(6-8)15(17,18)19/h4-6,22H,3,7H2,1-2H3,(H,20,24). The first kappa shape index (κ1) is 19.2. The van der Waals surface area contributed by atoms with Crippen molar-refractivity contribution in [1.82, 2.24) is 5.43 Å². The Morgan fingerprint density at radius 3 is 2.72 bits per heavy atom. The van der Waals surface area contributed by atoms with E-state index in [1.54, 1.807) is 6.92 Å². The molecular formula is C15H15BrF3N3O3. The topological polar surface area (TPSA) is 79.8 Å². The fraction of sp³-hybridized carbons (Fsp3) is 0.400. The fourth-order valence-electron chi connectivity index (χ4n) is 2.16. The molecule has 25 heavy (non-hydrogen) atoms. The molecule has 0 aliphatic carbocycles. The Kier molecular flexibility index (Phi) is 5.40. The molecule has 1 aromatic carbocycles. The van der Waals surface area contributed by atoms with Crippen LogP contribution in [0.2, 0.25) is 0 Å². The van der Waals surface area contributed by atoms with Crippen molar-refractivity contribution in [3.05, 3.63) is 28.2 Å². The van der Waals surface area contributed by atoms with Crippen molar-refractivity contribution >= 4 is 39.2 Å². The maximum absolute atomic E-state index is 12.9. The Morgan fingerprint density at radius 2 is 2.12 bits per heavy atom. The van der Waals surface area contributed by atoms with Crippen LogP contribution in [0.1, 0.15) is 25.8 Å². The van der Waals surface area contributed by atoms with Crippen LogP contribution in [-0.4, -0.2) is 29.7 Å². The van der Waals surface area contributed by atoms with E-state index in [0.717, 1.165) is 6.07 Å². The predicted octanol–water partition coefficient (Wildman–Crippen LogP) is 3.08. The molecule has 2 rings (SSSR count). The Balaban J connectivity index is 2.12. The first-order chi connectivity index (χ1) is 11.6. The SMILES string of the molecule is CCOC(=O)C1=NNC(C)(C(=O)Nc2ccc(Br)c(C(F)(F)F)c2)C1. The summed E-state index contributed by atoms with van der Waals surface area (Å²) in [6.07, 6.45) is -4.60. The molecule has 0 bridgehead atoms. The summed E-state index contributed by atoms with van der Waals surface area (Å²) in [5, 5.41) is 6.19. The molecule has 1 amide bonds. The number of hydrogen-bond acceptors (Lipinski definition) is 5. The predicted molar refractivity (Wildman–Crippen MR) is 88.0 cm³/mol. The number of amides is 1. The molecule has 0 spiro atoms. The lowest BCUT2D eigenvalue weighted by Crippen LogP contribution is -2.48. The first-order valence-corrected chi connectivity index (χ1v) is 8.05. The second-order valence-electron chi connectivity index (χ2n) is 5.55. The van der Waals surface area contributed by atoms with Crippen molar-refractivity contribution in [2.75, 3.05) is 11.9 Å². The smallest absolute Gasteiger partial charge is 0.417 e. The summed E-state index contributed by atoms with van der Waals surface area (Å²) in [7, 11) is 0. The molecular weight excluding hydrogens is 407 g/mol. The van der Waals surface area contributed by atoms with Crippen molar-refractivity contribution in [1.29, 1.82) is 0 Å². The Labute approximate surface area is 149 Å². The number of halogens is 4. The zero-order valence-electron chi connectivity index (χ0n) is 13.3. The summed E-state index contributed by atoms with van der Waals surface area (Å²) in [6.45, 7) is 3.29. The van der Waals surface area contributed by atoms with Crippen LogP contribution in [0.3, 0.4) is 0 Å². The number of benzene rings is 1. The van der Waals surface area contributed by atoms with Gasteiger partial charge < -0.3 is 10.1 Å². The lowest BCUT2D eigenvalue weighted by molar-refractivity contribution is -0.138. The van der Waals surface area contributed by atoms with Gasteiger partial charge in [-0.3, -0.25) is 10.2 Å². The van der Waals surface area contributed by atoms with Gasteiger partial charge in [-0.2, -0.15) is 18.3 Å². The number of esters is 1. The molecule has 136 valence electrons. The molecule has 1 aliphatic heterocycles. The number of nitrogens with one attached hydrogen (secondary N) is 2. The van der Waals surface area contributed by atoms with E-state index >= 15 is 0 Å². The van der Waals surface area contributed by atoms with Gasteiger partial charge in [0, 0.05) is 16.6 Å². The lowest BCUT2D eigenvalue weighted by Gasteiger charge is -2.22. The fourth-order valence-corrected chi connectivity index (χ4v) is 2.63. The molecule has 1 heterocycles. The highest BCUT2D eigenvalue weighted by molar-refractivity contribution is 9.10. The van der Waals surface area contributed by atoms with E-state index in [9.17, 15) is 22.8 Å². The molecule has 0 saturated carbocycles. The Bertz CT molecular complexity index is 736. The zero-order valence-corrected chi connectivity index (χ0v) is 14.9. The molecule has 6 nitrogen and oxygen atoms in total. The lowest BCUT2D eigenvalue weighted by atomic mass is 9.95. The Morgan fingerprint density at radius 1 is 1.44 bits per heavy atom. The zero-order chi connectivity index (χ0) is 18.8. The van der Waals surface area contributed by atoms with E-state index < -0.39 is 29.2 Å². The van der Waals surface area contributed by atoms with Gasteiger partial charge in [0.2, 0.25) is 0 Å². The number of alkyl halides is 3. The van der Waals surface area contributed by atoms with Gasteiger partial charge in [0.1, 0.15) is 11.3 Å². The molecule has 0 radical (unpaired) electrons. The van der Waals surface area contributed by atoms with Crippen LogP contribution >= 0.6 is 15.9 Å². The molecule has 0 aromatic heterocycles. The third kappa shape index (κ3) is 4.30.